The van der Waals surface area contributed by atoms with Crippen molar-refractivity contribution in [2.75, 3.05) is 33.5 Å². The fourth-order valence-corrected chi connectivity index (χ4v) is 4.35. The van der Waals surface area contributed by atoms with Crippen LogP contribution in [0, 0.1) is 0 Å². The van der Waals surface area contributed by atoms with E-state index < -0.39 is 5.97 Å². The van der Waals surface area contributed by atoms with E-state index in [2.05, 4.69) is 15.9 Å². The zero-order valence-electron chi connectivity index (χ0n) is 18.0. The quantitative estimate of drug-likeness (QED) is 0.324. The highest BCUT2D eigenvalue weighted by Crippen LogP contribution is 2.39. The SMILES string of the molecule is CCOC(=O)COc1c(Br)cc(/C=C2\SC(=O)N(CCOc3ccccc3)C2=O)cc1OC. The molecule has 0 atom stereocenters. The first-order valence-electron chi connectivity index (χ1n) is 10.0. The van der Waals surface area contributed by atoms with E-state index in [-0.39, 0.29) is 42.4 Å². The first-order valence-corrected chi connectivity index (χ1v) is 11.6. The second kappa shape index (κ2) is 11.8. The molecule has 33 heavy (non-hydrogen) atoms. The standard InChI is InChI=1S/C23H22BrNO7S/c1-3-30-20(26)14-32-21-17(24)11-15(12-18(21)29-2)13-19-22(27)25(23(28)33-19)9-10-31-16-7-5-4-6-8-16/h4-8,11-13H,3,9-10,14H2,1-2H3/b19-13-. The van der Waals surface area contributed by atoms with Gasteiger partial charge in [-0.3, -0.25) is 14.5 Å². The van der Waals surface area contributed by atoms with Crippen LogP contribution in [0.4, 0.5) is 4.79 Å². The molecule has 0 aliphatic carbocycles. The monoisotopic (exact) mass is 535 g/mol. The first kappa shape index (κ1) is 24.7. The van der Waals surface area contributed by atoms with Crippen LogP contribution in [0.25, 0.3) is 6.08 Å². The fourth-order valence-electron chi connectivity index (χ4n) is 2.91. The van der Waals surface area contributed by atoms with E-state index in [4.69, 9.17) is 18.9 Å². The van der Waals surface area contributed by atoms with Gasteiger partial charge in [-0.15, -0.1) is 0 Å². The van der Waals surface area contributed by atoms with Crippen LogP contribution >= 0.6 is 27.7 Å². The van der Waals surface area contributed by atoms with Gasteiger partial charge in [-0.2, -0.15) is 0 Å². The van der Waals surface area contributed by atoms with Crippen LogP contribution in [-0.2, 0) is 14.3 Å². The van der Waals surface area contributed by atoms with E-state index in [1.54, 1.807) is 37.3 Å². The predicted octanol–water partition coefficient (Wildman–Crippen LogP) is 4.51. The van der Waals surface area contributed by atoms with Gasteiger partial charge in [0.2, 0.25) is 0 Å². The van der Waals surface area contributed by atoms with E-state index in [0.29, 0.717) is 27.3 Å². The summed E-state index contributed by atoms with van der Waals surface area (Å²) < 4.78 is 21.9. The third-order valence-electron chi connectivity index (χ3n) is 4.39. The number of hydrogen-bond donors (Lipinski definition) is 0. The third kappa shape index (κ3) is 6.52. The Morgan fingerprint density at radius 3 is 2.61 bits per heavy atom. The minimum Gasteiger partial charge on any atom is -0.493 e. The van der Waals surface area contributed by atoms with E-state index >= 15 is 0 Å². The van der Waals surface area contributed by atoms with Crippen molar-refractivity contribution in [3.63, 3.8) is 0 Å². The average molecular weight is 536 g/mol. The summed E-state index contributed by atoms with van der Waals surface area (Å²) in [5, 5.41) is -0.358. The van der Waals surface area contributed by atoms with E-state index in [1.165, 1.54) is 7.11 Å². The van der Waals surface area contributed by atoms with Crippen molar-refractivity contribution < 1.29 is 33.3 Å². The normalized spacial score (nSPS) is 14.5. The molecule has 0 unspecified atom stereocenters. The molecular weight excluding hydrogens is 514 g/mol. The van der Waals surface area contributed by atoms with Crippen LogP contribution in [0.3, 0.4) is 0 Å². The van der Waals surface area contributed by atoms with Crippen LogP contribution in [0.1, 0.15) is 12.5 Å². The molecule has 0 saturated carbocycles. The first-order chi connectivity index (χ1) is 15.9. The molecule has 10 heteroatoms. The van der Waals surface area contributed by atoms with E-state index in [9.17, 15) is 14.4 Å². The van der Waals surface area contributed by atoms with Crippen molar-refractivity contribution in [3.05, 3.63) is 57.4 Å². The lowest BCUT2D eigenvalue weighted by atomic mass is 10.2. The van der Waals surface area contributed by atoms with Crippen molar-refractivity contribution >= 4 is 50.9 Å². The summed E-state index contributed by atoms with van der Waals surface area (Å²) in [7, 11) is 1.46. The number of esters is 1. The summed E-state index contributed by atoms with van der Waals surface area (Å²) in [6, 6.07) is 12.5. The van der Waals surface area contributed by atoms with Crippen molar-refractivity contribution in [1.29, 1.82) is 0 Å². The molecule has 0 aromatic heterocycles. The summed E-state index contributed by atoms with van der Waals surface area (Å²) in [5.41, 5.74) is 0.619. The average Bonchev–Trinajstić information content (AvgIpc) is 3.06. The van der Waals surface area contributed by atoms with Crippen molar-refractivity contribution in [1.82, 2.24) is 4.90 Å². The summed E-state index contributed by atoms with van der Waals surface area (Å²) in [5.74, 6) is 0.464. The molecule has 1 heterocycles. The number of amides is 2. The second-order valence-electron chi connectivity index (χ2n) is 6.62. The van der Waals surface area contributed by atoms with Gasteiger partial charge >= 0.3 is 5.97 Å². The van der Waals surface area contributed by atoms with Gasteiger partial charge in [0.1, 0.15) is 12.4 Å². The maximum absolute atomic E-state index is 12.7. The predicted molar refractivity (Wildman–Crippen MR) is 127 cm³/mol. The minimum atomic E-state index is -0.500. The van der Waals surface area contributed by atoms with Gasteiger partial charge in [0.25, 0.3) is 11.1 Å². The molecule has 8 nitrogen and oxygen atoms in total. The highest BCUT2D eigenvalue weighted by Gasteiger charge is 2.35. The lowest BCUT2D eigenvalue weighted by Crippen LogP contribution is -2.32. The van der Waals surface area contributed by atoms with Crippen molar-refractivity contribution in [3.8, 4) is 17.2 Å². The summed E-state index contributed by atoms with van der Waals surface area (Å²) in [6.07, 6.45) is 1.60. The van der Waals surface area contributed by atoms with Crippen molar-refractivity contribution in [2.45, 2.75) is 6.92 Å². The lowest BCUT2D eigenvalue weighted by Gasteiger charge is -2.14. The molecule has 3 rings (SSSR count). The Labute approximate surface area is 203 Å². The number of thioether (sulfide) groups is 1. The van der Waals surface area contributed by atoms with Gasteiger partial charge in [-0.1, -0.05) is 18.2 Å². The Morgan fingerprint density at radius 1 is 1.15 bits per heavy atom. The fraction of sp³-hybridized carbons (Fsp3) is 0.261. The zero-order valence-corrected chi connectivity index (χ0v) is 20.4. The van der Waals surface area contributed by atoms with Gasteiger partial charge in [0.15, 0.2) is 18.1 Å². The molecule has 2 aromatic carbocycles. The number of para-hydroxylation sites is 1. The van der Waals surface area contributed by atoms with Crippen LogP contribution in [0.15, 0.2) is 51.8 Å². The molecule has 2 aromatic rings. The van der Waals surface area contributed by atoms with Gasteiger partial charge in [-0.05, 0) is 70.5 Å². The van der Waals surface area contributed by atoms with Crippen LogP contribution in [0.5, 0.6) is 17.2 Å². The Kier molecular flexibility index (Phi) is 8.79. The number of rotatable bonds is 10. The number of carbonyl (C=O) groups is 3. The van der Waals surface area contributed by atoms with Gasteiger partial charge in [-0.25, -0.2) is 4.79 Å². The number of benzene rings is 2. The number of halogens is 1. The largest absolute Gasteiger partial charge is 0.493 e. The summed E-state index contributed by atoms with van der Waals surface area (Å²) >= 11 is 4.26. The third-order valence-corrected chi connectivity index (χ3v) is 5.89. The number of carbonyl (C=O) groups excluding carboxylic acids is 3. The molecule has 1 aliphatic rings. The van der Waals surface area contributed by atoms with Gasteiger partial charge in [0, 0.05) is 0 Å². The minimum absolute atomic E-state index is 0.143. The van der Waals surface area contributed by atoms with Crippen LogP contribution < -0.4 is 14.2 Å². The molecule has 1 fully saturated rings. The summed E-state index contributed by atoms with van der Waals surface area (Å²) in [6.45, 7) is 2.03. The highest BCUT2D eigenvalue weighted by atomic mass is 79.9. The van der Waals surface area contributed by atoms with Crippen LogP contribution in [0.2, 0.25) is 0 Å². The highest BCUT2D eigenvalue weighted by molar-refractivity contribution is 9.10. The maximum atomic E-state index is 12.7. The number of hydrogen-bond acceptors (Lipinski definition) is 8. The van der Waals surface area contributed by atoms with E-state index in [1.807, 2.05) is 18.2 Å². The molecule has 2 amide bonds. The van der Waals surface area contributed by atoms with Gasteiger partial charge < -0.3 is 18.9 Å². The van der Waals surface area contributed by atoms with Crippen LogP contribution in [-0.4, -0.2) is 55.5 Å². The molecule has 0 spiro atoms. The second-order valence-corrected chi connectivity index (χ2v) is 8.47. The van der Waals surface area contributed by atoms with E-state index in [0.717, 1.165) is 16.7 Å². The summed E-state index contributed by atoms with van der Waals surface area (Å²) in [4.78, 5) is 38.1. The molecule has 0 N–H and O–H groups in total. The van der Waals surface area contributed by atoms with Crippen molar-refractivity contribution in [2.24, 2.45) is 0 Å². The number of nitrogens with zero attached hydrogens (tertiary/aromatic N) is 1. The number of methoxy groups -OCH3 is 1. The van der Waals surface area contributed by atoms with Gasteiger partial charge in [0.05, 0.1) is 29.6 Å². The maximum Gasteiger partial charge on any atom is 0.344 e. The Morgan fingerprint density at radius 2 is 1.91 bits per heavy atom. The lowest BCUT2D eigenvalue weighted by molar-refractivity contribution is -0.145. The smallest absolute Gasteiger partial charge is 0.344 e. The molecule has 1 saturated heterocycles. The topological polar surface area (TPSA) is 91.4 Å². The molecule has 0 bridgehead atoms. The Balaban J connectivity index is 1.69. The molecule has 174 valence electrons. The molecule has 0 radical (unpaired) electrons. The number of ether oxygens (including phenoxy) is 4. The zero-order chi connectivity index (χ0) is 23.8. The number of imide groups is 1. The molecular formula is C23H22BrNO7S. The molecule has 1 aliphatic heterocycles. The Hall–Kier alpha value is -2.98. The Bertz CT molecular complexity index is 1060.